The smallest absolute Gasteiger partial charge is 0.308 e. The highest BCUT2D eigenvalue weighted by atomic mass is 16.7. The number of aromatic hydroxyl groups is 1. The van der Waals surface area contributed by atoms with E-state index in [-0.39, 0.29) is 30.9 Å². The molecule has 0 aliphatic rings. The van der Waals surface area contributed by atoms with Gasteiger partial charge in [-0.25, -0.2) is 0 Å². The van der Waals surface area contributed by atoms with Crippen molar-refractivity contribution >= 4 is 29.6 Å². The van der Waals surface area contributed by atoms with Gasteiger partial charge in [-0.1, -0.05) is 26.0 Å². The molecule has 0 aliphatic heterocycles. The molecule has 0 fully saturated rings. The van der Waals surface area contributed by atoms with Crippen LogP contribution in [0.25, 0.3) is 0 Å². The molecule has 13 nitrogen and oxygen atoms in total. The van der Waals surface area contributed by atoms with Crippen LogP contribution in [0.1, 0.15) is 80.7 Å². The lowest BCUT2D eigenvalue weighted by Crippen LogP contribution is -2.58. The molecule has 254 valence electrons. The SMILES string of the molecule is CCOC(C[C@H](CC(=O)OC(C)(C)C)NC(=O)[C@H](C)NC(=O)[C@@H](NC(=O)[C@H](Cc1ccc(O)cc1)NC(C)=O)C(C)C)OCC. The van der Waals surface area contributed by atoms with Crippen molar-refractivity contribution in [1.82, 2.24) is 21.3 Å². The zero-order chi connectivity index (χ0) is 34.3. The first-order valence-corrected chi connectivity index (χ1v) is 15.4. The number of carbonyl (C=O) groups excluding carboxylic acids is 5. The predicted molar refractivity (Wildman–Crippen MR) is 168 cm³/mol. The summed E-state index contributed by atoms with van der Waals surface area (Å²) in [5.74, 6) is -2.98. The number of ether oxygens (including phenoxy) is 3. The van der Waals surface area contributed by atoms with Crippen LogP contribution in [0.3, 0.4) is 0 Å². The van der Waals surface area contributed by atoms with Crippen molar-refractivity contribution in [3.05, 3.63) is 29.8 Å². The Labute approximate surface area is 266 Å². The molecule has 1 aromatic rings. The number of esters is 1. The summed E-state index contributed by atoms with van der Waals surface area (Å²) >= 11 is 0. The minimum atomic E-state index is -1.03. The number of rotatable bonds is 18. The van der Waals surface area contributed by atoms with Gasteiger partial charge in [-0.2, -0.15) is 0 Å². The highest BCUT2D eigenvalue weighted by Crippen LogP contribution is 2.15. The molecule has 0 aliphatic carbocycles. The van der Waals surface area contributed by atoms with Crippen molar-refractivity contribution in [2.75, 3.05) is 13.2 Å². The third-order valence-electron chi connectivity index (χ3n) is 6.43. The van der Waals surface area contributed by atoms with Gasteiger partial charge in [0.2, 0.25) is 23.6 Å². The van der Waals surface area contributed by atoms with Crippen LogP contribution in [0.15, 0.2) is 24.3 Å². The van der Waals surface area contributed by atoms with E-state index in [1.165, 1.54) is 26.0 Å². The fourth-order valence-corrected chi connectivity index (χ4v) is 4.37. The summed E-state index contributed by atoms with van der Waals surface area (Å²) in [5.41, 5.74) is -0.0276. The van der Waals surface area contributed by atoms with Gasteiger partial charge in [0, 0.05) is 39.0 Å². The maximum Gasteiger partial charge on any atom is 0.308 e. The predicted octanol–water partition coefficient (Wildman–Crippen LogP) is 2.09. The Morgan fingerprint density at radius 3 is 1.89 bits per heavy atom. The molecular weight excluding hydrogens is 584 g/mol. The van der Waals surface area contributed by atoms with Crippen molar-refractivity contribution in [2.24, 2.45) is 5.92 Å². The van der Waals surface area contributed by atoms with Crippen molar-refractivity contribution in [3.63, 3.8) is 0 Å². The third-order valence-corrected chi connectivity index (χ3v) is 6.43. The Hall–Kier alpha value is -3.71. The Morgan fingerprint density at radius 2 is 1.40 bits per heavy atom. The molecule has 0 heterocycles. The zero-order valence-corrected chi connectivity index (χ0v) is 28.0. The second-order valence-corrected chi connectivity index (χ2v) is 12.2. The van der Waals surface area contributed by atoms with Crippen LogP contribution in [-0.2, 0) is 44.6 Å². The first-order valence-electron chi connectivity index (χ1n) is 15.4. The Balaban J connectivity index is 3.01. The lowest BCUT2D eigenvalue weighted by molar-refractivity contribution is -0.159. The van der Waals surface area contributed by atoms with Crippen molar-refractivity contribution < 1.29 is 43.3 Å². The fourth-order valence-electron chi connectivity index (χ4n) is 4.37. The molecule has 4 atom stereocenters. The van der Waals surface area contributed by atoms with Gasteiger partial charge in [0.1, 0.15) is 29.5 Å². The molecule has 0 saturated carbocycles. The molecule has 5 N–H and O–H groups in total. The molecule has 1 rings (SSSR count). The number of amides is 4. The van der Waals surface area contributed by atoms with Gasteiger partial charge in [-0.15, -0.1) is 0 Å². The number of carbonyl (C=O) groups is 5. The van der Waals surface area contributed by atoms with E-state index in [1.54, 1.807) is 60.6 Å². The van der Waals surface area contributed by atoms with Gasteiger partial charge in [0.05, 0.1) is 6.42 Å². The highest BCUT2D eigenvalue weighted by molar-refractivity contribution is 5.94. The lowest BCUT2D eigenvalue weighted by Gasteiger charge is -2.28. The van der Waals surface area contributed by atoms with Crippen molar-refractivity contribution in [1.29, 1.82) is 0 Å². The fraction of sp³-hybridized carbons (Fsp3) is 0.656. The molecule has 0 aromatic heterocycles. The van der Waals surface area contributed by atoms with Crippen molar-refractivity contribution in [2.45, 2.75) is 118 Å². The summed E-state index contributed by atoms with van der Waals surface area (Å²) < 4.78 is 16.7. The van der Waals surface area contributed by atoms with Gasteiger partial charge in [0.25, 0.3) is 0 Å². The molecule has 0 saturated heterocycles. The maximum absolute atomic E-state index is 13.3. The Morgan fingerprint density at radius 1 is 0.822 bits per heavy atom. The minimum absolute atomic E-state index is 0.0635. The normalized spacial score (nSPS) is 14.2. The minimum Gasteiger partial charge on any atom is -0.508 e. The first kappa shape index (κ1) is 39.3. The Kier molecular flexibility index (Phi) is 16.6. The van der Waals surface area contributed by atoms with Crippen LogP contribution in [0, 0.1) is 5.92 Å². The summed E-state index contributed by atoms with van der Waals surface area (Å²) in [7, 11) is 0. The van der Waals surface area contributed by atoms with Crippen LogP contribution < -0.4 is 21.3 Å². The van der Waals surface area contributed by atoms with E-state index >= 15 is 0 Å². The van der Waals surface area contributed by atoms with E-state index in [0.29, 0.717) is 18.8 Å². The number of phenols is 1. The summed E-state index contributed by atoms with van der Waals surface area (Å²) in [6, 6.07) is 2.45. The molecule has 4 amide bonds. The molecule has 0 bridgehead atoms. The molecule has 1 aromatic carbocycles. The first-order chi connectivity index (χ1) is 20.9. The van der Waals surface area contributed by atoms with Crippen LogP contribution >= 0.6 is 0 Å². The van der Waals surface area contributed by atoms with Crippen LogP contribution in [0.4, 0.5) is 0 Å². The van der Waals surface area contributed by atoms with Gasteiger partial charge >= 0.3 is 5.97 Å². The summed E-state index contributed by atoms with van der Waals surface area (Å²) in [6.45, 7) is 15.8. The number of nitrogens with one attached hydrogen (secondary N) is 4. The van der Waals surface area contributed by atoms with Gasteiger partial charge in [-0.05, 0) is 65.2 Å². The second kappa shape index (κ2) is 18.9. The topological polar surface area (TPSA) is 181 Å². The van der Waals surface area contributed by atoms with E-state index < -0.39 is 65.7 Å². The van der Waals surface area contributed by atoms with Crippen LogP contribution in [0.2, 0.25) is 0 Å². The summed E-state index contributed by atoms with van der Waals surface area (Å²) in [4.78, 5) is 64.2. The van der Waals surface area contributed by atoms with E-state index in [1.807, 2.05) is 0 Å². The van der Waals surface area contributed by atoms with Crippen LogP contribution in [-0.4, -0.2) is 84.0 Å². The third kappa shape index (κ3) is 15.7. The van der Waals surface area contributed by atoms with E-state index in [0.717, 1.165) is 0 Å². The van der Waals surface area contributed by atoms with Crippen molar-refractivity contribution in [3.8, 4) is 5.75 Å². The van der Waals surface area contributed by atoms with E-state index in [9.17, 15) is 29.1 Å². The molecule has 0 spiro atoms. The molecule has 0 unspecified atom stereocenters. The summed E-state index contributed by atoms with van der Waals surface area (Å²) in [5, 5.41) is 20.3. The average Bonchev–Trinajstić information content (AvgIpc) is 2.90. The zero-order valence-electron chi connectivity index (χ0n) is 28.0. The average molecular weight is 637 g/mol. The Bertz CT molecular complexity index is 1110. The molecular formula is C32H52N4O9. The van der Waals surface area contributed by atoms with Gasteiger partial charge in [-0.3, -0.25) is 24.0 Å². The van der Waals surface area contributed by atoms with Crippen LogP contribution in [0.5, 0.6) is 5.75 Å². The molecule has 45 heavy (non-hydrogen) atoms. The molecule has 0 radical (unpaired) electrons. The highest BCUT2D eigenvalue weighted by Gasteiger charge is 2.31. The van der Waals surface area contributed by atoms with E-state index in [4.69, 9.17) is 14.2 Å². The van der Waals surface area contributed by atoms with Gasteiger partial charge < -0.3 is 40.6 Å². The standard InChI is InChI=1S/C32H52N4O9/c1-10-43-27(44-11-2)18-23(17-26(39)45-32(7,8)9)35-29(40)20(5)33-31(42)28(19(3)4)36-30(41)25(34-21(6)37)16-22-12-14-24(38)15-13-22/h12-15,19-20,23,25,27-28,38H,10-11,16-18H2,1-9H3,(H,33,42)(H,34,37)(H,35,40)(H,36,41)/t20-,23-,25-,28-/m0/s1. The number of hydrogen-bond acceptors (Lipinski definition) is 9. The second-order valence-electron chi connectivity index (χ2n) is 12.2. The summed E-state index contributed by atoms with van der Waals surface area (Å²) in [6.07, 6.45) is -0.517. The molecule has 13 heteroatoms. The number of benzene rings is 1. The van der Waals surface area contributed by atoms with E-state index in [2.05, 4.69) is 21.3 Å². The maximum atomic E-state index is 13.3. The number of hydrogen-bond donors (Lipinski definition) is 5. The monoisotopic (exact) mass is 636 g/mol. The quantitative estimate of drug-likeness (QED) is 0.119. The lowest BCUT2D eigenvalue weighted by atomic mass is 10.0. The number of phenolic OH excluding ortho intramolecular Hbond substituents is 1. The van der Waals surface area contributed by atoms with Gasteiger partial charge in [0.15, 0.2) is 6.29 Å². The largest absolute Gasteiger partial charge is 0.508 e.